The molecule has 0 spiro atoms. The number of para-hydroxylation sites is 1. The molecule has 1 amide bonds. The lowest BCUT2D eigenvalue weighted by atomic mass is 10.2. The van der Waals surface area contributed by atoms with Gasteiger partial charge in [-0.2, -0.15) is 0 Å². The Labute approximate surface area is 197 Å². The number of nitrogens with zero attached hydrogens (tertiary/aromatic N) is 7. The molecule has 0 radical (unpaired) electrons. The molecular weight excluding hydrogens is 455 g/mol. The van der Waals surface area contributed by atoms with Gasteiger partial charge < -0.3 is 5.32 Å². The molecule has 0 aliphatic heterocycles. The number of amides is 1. The van der Waals surface area contributed by atoms with Crippen LogP contribution in [0, 0.1) is 5.82 Å². The fourth-order valence-electron chi connectivity index (χ4n) is 3.29. The minimum Gasteiger partial charge on any atom is -0.325 e. The minimum absolute atomic E-state index is 0.115. The molecule has 0 atom stereocenters. The molecule has 0 unspecified atom stereocenters. The highest BCUT2D eigenvalue weighted by Crippen LogP contribution is 2.28. The first-order valence-corrected chi connectivity index (χ1v) is 11.2. The van der Waals surface area contributed by atoms with E-state index < -0.39 is 0 Å². The number of hydrogen-bond donors (Lipinski definition) is 1. The van der Waals surface area contributed by atoms with Crippen molar-refractivity contribution in [3.63, 3.8) is 0 Å². The van der Waals surface area contributed by atoms with Gasteiger partial charge in [-0.15, -0.1) is 15.3 Å². The van der Waals surface area contributed by atoms with Gasteiger partial charge in [0.2, 0.25) is 5.91 Å². The fourth-order valence-corrected chi connectivity index (χ4v) is 4.04. The summed E-state index contributed by atoms with van der Waals surface area (Å²) in [7, 11) is 0. The third-order valence-electron chi connectivity index (χ3n) is 4.83. The Bertz CT molecular complexity index is 1400. The number of halogens is 1. The highest BCUT2D eigenvalue weighted by molar-refractivity contribution is 7.99. The smallest absolute Gasteiger partial charge is 0.234 e. The molecule has 0 aliphatic rings. The number of thioether (sulfide) groups is 1. The normalized spacial score (nSPS) is 10.9. The van der Waals surface area contributed by atoms with Crippen LogP contribution in [0.25, 0.3) is 22.8 Å². The number of tetrazole rings is 1. The SMILES string of the molecule is O=C(CSc1nnc(-c2ccc(F)cc2)n1-c1ccccc1)Nc1cccc(-n2cnnn2)c1. The molecule has 1 N–H and O–H groups in total. The van der Waals surface area contributed by atoms with E-state index in [1.54, 1.807) is 30.3 Å². The summed E-state index contributed by atoms with van der Waals surface area (Å²) in [5.74, 6) is 0.141. The van der Waals surface area contributed by atoms with E-state index in [1.165, 1.54) is 34.9 Å². The van der Waals surface area contributed by atoms with Gasteiger partial charge in [-0.1, -0.05) is 36.0 Å². The lowest BCUT2D eigenvalue weighted by Gasteiger charge is -2.11. The van der Waals surface area contributed by atoms with Gasteiger partial charge in [0.25, 0.3) is 0 Å². The highest BCUT2D eigenvalue weighted by atomic mass is 32.2. The molecule has 0 aliphatic carbocycles. The quantitative estimate of drug-likeness (QED) is 0.360. The number of nitrogens with one attached hydrogen (secondary N) is 1. The summed E-state index contributed by atoms with van der Waals surface area (Å²) in [5.41, 5.74) is 2.90. The Morgan fingerprint density at radius 1 is 0.941 bits per heavy atom. The van der Waals surface area contributed by atoms with Gasteiger partial charge in [0.15, 0.2) is 11.0 Å². The molecule has 11 heteroatoms. The van der Waals surface area contributed by atoms with E-state index >= 15 is 0 Å². The number of carbonyl (C=O) groups is 1. The van der Waals surface area contributed by atoms with Crippen molar-refractivity contribution in [3.05, 3.63) is 91.0 Å². The largest absolute Gasteiger partial charge is 0.325 e. The molecule has 34 heavy (non-hydrogen) atoms. The fraction of sp³-hybridized carbons (Fsp3) is 0.0435. The highest BCUT2D eigenvalue weighted by Gasteiger charge is 2.17. The van der Waals surface area contributed by atoms with Crippen LogP contribution < -0.4 is 5.32 Å². The molecule has 2 aromatic heterocycles. The van der Waals surface area contributed by atoms with Crippen molar-refractivity contribution in [1.29, 1.82) is 0 Å². The molecule has 0 bridgehead atoms. The van der Waals surface area contributed by atoms with Crippen LogP contribution in [0.15, 0.2) is 90.3 Å². The van der Waals surface area contributed by atoms with E-state index in [9.17, 15) is 9.18 Å². The number of aromatic nitrogens is 7. The first kappa shape index (κ1) is 21.5. The van der Waals surface area contributed by atoms with Crippen LogP contribution in [0.5, 0.6) is 0 Å². The zero-order chi connectivity index (χ0) is 23.3. The van der Waals surface area contributed by atoms with Gasteiger partial charge in [-0.25, -0.2) is 9.07 Å². The predicted octanol–water partition coefficient (Wildman–Crippen LogP) is 3.78. The maximum absolute atomic E-state index is 13.4. The van der Waals surface area contributed by atoms with E-state index in [4.69, 9.17) is 0 Å². The van der Waals surface area contributed by atoms with Gasteiger partial charge in [-0.3, -0.25) is 9.36 Å². The number of rotatable bonds is 7. The third-order valence-corrected chi connectivity index (χ3v) is 5.75. The standard InChI is InChI=1S/C23H17FN8OS/c24-17-11-9-16(10-12-17)22-27-28-23(32(22)19-6-2-1-3-7-19)34-14-21(33)26-18-5-4-8-20(13-18)31-15-25-29-30-31/h1-13,15H,14H2,(H,26,33). The average molecular weight is 473 g/mol. The second kappa shape index (κ2) is 9.63. The second-order valence-electron chi connectivity index (χ2n) is 7.13. The topological polar surface area (TPSA) is 103 Å². The molecule has 168 valence electrons. The van der Waals surface area contributed by atoms with E-state index in [-0.39, 0.29) is 17.5 Å². The summed E-state index contributed by atoms with van der Waals surface area (Å²) in [6.45, 7) is 0. The van der Waals surface area contributed by atoms with Gasteiger partial charge in [-0.05, 0) is 65.0 Å². The van der Waals surface area contributed by atoms with E-state index in [2.05, 4.69) is 31.0 Å². The van der Waals surface area contributed by atoms with Crippen molar-refractivity contribution in [2.45, 2.75) is 5.16 Å². The maximum atomic E-state index is 13.4. The molecular formula is C23H17FN8OS. The molecule has 3 aromatic carbocycles. The minimum atomic E-state index is -0.329. The Hall–Kier alpha value is -4.38. The molecule has 0 saturated carbocycles. The molecule has 0 saturated heterocycles. The number of hydrogen-bond acceptors (Lipinski definition) is 7. The molecule has 2 heterocycles. The molecule has 9 nitrogen and oxygen atoms in total. The third kappa shape index (κ3) is 4.69. The summed E-state index contributed by atoms with van der Waals surface area (Å²) in [6.07, 6.45) is 1.48. The number of carbonyl (C=O) groups excluding carboxylic acids is 1. The van der Waals surface area contributed by atoms with Gasteiger partial charge >= 0.3 is 0 Å². The van der Waals surface area contributed by atoms with Gasteiger partial charge in [0.1, 0.15) is 12.1 Å². The number of anilines is 1. The summed E-state index contributed by atoms with van der Waals surface area (Å²) < 4.78 is 16.8. The Morgan fingerprint density at radius 2 is 1.74 bits per heavy atom. The first-order chi connectivity index (χ1) is 16.7. The Morgan fingerprint density at radius 3 is 2.50 bits per heavy atom. The molecule has 5 aromatic rings. The summed E-state index contributed by atoms with van der Waals surface area (Å²) in [5, 5.41) is 23.1. The van der Waals surface area contributed by atoms with Crippen LogP contribution in [0.3, 0.4) is 0 Å². The van der Waals surface area contributed by atoms with E-state index in [1.807, 2.05) is 41.0 Å². The van der Waals surface area contributed by atoms with Crippen LogP contribution in [0.4, 0.5) is 10.1 Å². The Kier molecular flexibility index (Phi) is 6.08. The maximum Gasteiger partial charge on any atom is 0.234 e. The lowest BCUT2D eigenvalue weighted by molar-refractivity contribution is -0.113. The summed E-state index contributed by atoms with van der Waals surface area (Å²) in [4.78, 5) is 12.7. The van der Waals surface area contributed by atoms with Gasteiger partial charge in [0.05, 0.1) is 11.4 Å². The first-order valence-electron chi connectivity index (χ1n) is 10.2. The van der Waals surface area contributed by atoms with Crippen molar-refractivity contribution >= 4 is 23.4 Å². The Balaban J connectivity index is 1.35. The van der Waals surface area contributed by atoms with Crippen LogP contribution in [-0.4, -0.2) is 46.6 Å². The van der Waals surface area contributed by atoms with Crippen molar-refractivity contribution in [3.8, 4) is 22.8 Å². The van der Waals surface area contributed by atoms with E-state index in [0.717, 1.165) is 11.4 Å². The van der Waals surface area contributed by atoms with Crippen molar-refractivity contribution in [1.82, 2.24) is 35.0 Å². The van der Waals surface area contributed by atoms with Crippen LogP contribution >= 0.6 is 11.8 Å². The second-order valence-corrected chi connectivity index (χ2v) is 8.07. The average Bonchev–Trinajstić information content (AvgIpc) is 3.55. The van der Waals surface area contributed by atoms with E-state index in [0.29, 0.717) is 22.2 Å². The zero-order valence-corrected chi connectivity index (χ0v) is 18.4. The summed E-state index contributed by atoms with van der Waals surface area (Å²) >= 11 is 1.26. The predicted molar refractivity (Wildman–Crippen MR) is 125 cm³/mol. The summed E-state index contributed by atoms with van der Waals surface area (Å²) in [6, 6.07) is 22.8. The van der Waals surface area contributed by atoms with Gasteiger partial charge in [0, 0.05) is 16.9 Å². The monoisotopic (exact) mass is 472 g/mol. The van der Waals surface area contributed by atoms with Crippen LogP contribution in [-0.2, 0) is 4.79 Å². The molecule has 5 rings (SSSR count). The lowest BCUT2D eigenvalue weighted by Crippen LogP contribution is -2.15. The number of benzene rings is 3. The van der Waals surface area contributed by atoms with Crippen LogP contribution in [0.2, 0.25) is 0 Å². The van der Waals surface area contributed by atoms with Crippen molar-refractivity contribution < 1.29 is 9.18 Å². The molecule has 0 fully saturated rings. The van der Waals surface area contributed by atoms with Crippen molar-refractivity contribution in [2.75, 3.05) is 11.1 Å². The van der Waals surface area contributed by atoms with Crippen LogP contribution in [0.1, 0.15) is 0 Å². The van der Waals surface area contributed by atoms with Crippen molar-refractivity contribution in [2.24, 2.45) is 0 Å². The zero-order valence-electron chi connectivity index (χ0n) is 17.6.